The predicted molar refractivity (Wildman–Crippen MR) is 97.1 cm³/mol. The zero-order chi connectivity index (χ0) is 18.2. The van der Waals surface area contributed by atoms with E-state index in [1.54, 1.807) is 10.7 Å². The van der Waals surface area contributed by atoms with Crippen molar-refractivity contribution in [2.75, 3.05) is 7.05 Å². The monoisotopic (exact) mass is 389 g/mol. The molecule has 1 aromatic carbocycles. The maximum absolute atomic E-state index is 12.9. The fraction of sp³-hybridized carbons (Fsp3) is 0.438. The summed E-state index contributed by atoms with van der Waals surface area (Å²) >= 11 is 12.1. The van der Waals surface area contributed by atoms with Crippen molar-refractivity contribution < 1.29 is 8.42 Å². The SMILES string of the molecule is Cc1nn(C)c(C(C)C)c1CN(C)S(=O)(=O)c1c(Cl)cccc1Cl. The number of hydrogen-bond acceptors (Lipinski definition) is 3. The van der Waals surface area contributed by atoms with Gasteiger partial charge in [0, 0.05) is 31.9 Å². The third kappa shape index (κ3) is 3.47. The van der Waals surface area contributed by atoms with Crippen LogP contribution in [0.15, 0.2) is 23.1 Å². The second-order valence-electron chi connectivity index (χ2n) is 6.04. The molecule has 0 unspecified atom stereocenters. The molecule has 1 aromatic heterocycles. The van der Waals surface area contributed by atoms with Crippen LogP contribution in [-0.2, 0) is 23.6 Å². The molecule has 8 heteroatoms. The lowest BCUT2D eigenvalue weighted by atomic mass is 10.0. The van der Waals surface area contributed by atoms with Gasteiger partial charge in [-0.05, 0) is 25.0 Å². The molecule has 0 amide bonds. The zero-order valence-electron chi connectivity index (χ0n) is 14.3. The fourth-order valence-electron chi connectivity index (χ4n) is 2.83. The molecule has 0 radical (unpaired) electrons. The van der Waals surface area contributed by atoms with Gasteiger partial charge in [-0.25, -0.2) is 8.42 Å². The minimum Gasteiger partial charge on any atom is -0.272 e. The summed E-state index contributed by atoms with van der Waals surface area (Å²) in [5.41, 5.74) is 2.73. The maximum Gasteiger partial charge on any atom is 0.246 e. The van der Waals surface area contributed by atoms with Gasteiger partial charge in [0.15, 0.2) is 0 Å². The Morgan fingerprint density at radius 2 is 1.79 bits per heavy atom. The van der Waals surface area contributed by atoms with Crippen molar-refractivity contribution >= 4 is 33.2 Å². The van der Waals surface area contributed by atoms with E-state index < -0.39 is 10.0 Å². The van der Waals surface area contributed by atoms with Gasteiger partial charge in [0.1, 0.15) is 4.90 Å². The number of nitrogens with zero attached hydrogens (tertiary/aromatic N) is 3. The Morgan fingerprint density at radius 3 is 2.29 bits per heavy atom. The molecule has 0 aliphatic rings. The van der Waals surface area contributed by atoms with Gasteiger partial charge in [0.05, 0.1) is 15.7 Å². The van der Waals surface area contributed by atoms with Gasteiger partial charge in [-0.2, -0.15) is 9.40 Å². The van der Waals surface area contributed by atoms with E-state index in [9.17, 15) is 8.42 Å². The van der Waals surface area contributed by atoms with Crippen molar-refractivity contribution in [3.05, 3.63) is 45.2 Å². The molecule has 2 aromatic rings. The van der Waals surface area contributed by atoms with Crippen LogP contribution in [0.5, 0.6) is 0 Å². The van der Waals surface area contributed by atoms with Crippen molar-refractivity contribution in [1.29, 1.82) is 0 Å². The van der Waals surface area contributed by atoms with E-state index in [0.717, 1.165) is 17.0 Å². The third-order valence-electron chi connectivity index (χ3n) is 3.91. The van der Waals surface area contributed by atoms with Crippen LogP contribution >= 0.6 is 23.2 Å². The Bertz CT molecular complexity index is 840. The van der Waals surface area contributed by atoms with Gasteiger partial charge in [-0.3, -0.25) is 4.68 Å². The largest absolute Gasteiger partial charge is 0.272 e. The molecule has 0 aliphatic carbocycles. The minimum atomic E-state index is -3.82. The second kappa shape index (κ2) is 7.04. The summed E-state index contributed by atoms with van der Waals surface area (Å²) in [5.74, 6) is 0.228. The topological polar surface area (TPSA) is 55.2 Å². The van der Waals surface area contributed by atoms with E-state index >= 15 is 0 Å². The first kappa shape index (κ1) is 19.2. The Balaban J connectivity index is 2.45. The molecule has 24 heavy (non-hydrogen) atoms. The van der Waals surface area contributed by atoms with Crippen LogP contribution in [0.2, 0.25) is 10.0 Å². The zero-order valence-corrected chi connectivity index (χ0v) is 16.7. The van der Waals surface area contributed by atoms with E-state index in [1.807, 2.05) is 14.0 Å². The Kier molecular flexibility index (Phi) is 5.64. The summed E-state index contributed by atoms with van der Waals surface area (Å²) in [5, 5.41) is 4.64. The maximum atomic E-state index is 12.9. The van der Waals surface area contributed by atoms with E-state index in [1.165, 1.54) is 23.5 Å². The molecule has 0 N–H and O–H groups in total. The number of rotatable bonds is 5. The van der Waals surface area contributed by atoms with Crippen molar-refractivity contribution in [2.24, 2.45) is 7.05 Å². The quantitative estimate of drug-likeness (QED) is 0.776. The molecule has 0 aliphatic heterocycles. The summed E-state index contributed by atoms with van der Waals surface area (Å²) in [6.45, 7) is 6.19. The van der Waals surface area contributed by atoms with Crippen LogP contribution in [0.25, 0.3) is 0 Å². The van der Waals surface area contributed by atoms with Gasteiger partial charge in [0.2, 0.25) is 10.0 Å². The lowest BCUT2D eigenvalue weighted by Crippen LogP contribution is -2.27. The van der Waals surface area contributed by atoms with Crippen LogP contribution < -0.4 is 0 Å². The summed E-state index contributed by atoms with van der Waals surface area (Å²) in [7, 11) is -0.430. The van der Waals surface area contributed by atoms with Crippen molar-refractivity contribution in [3.63, 3.8) is 0 Å². The highest BCUT2D eigenvalue weighted by atomic mass is 35.5. The average molecular weight is 390 g/mol. The van der Waals surface area contributed by atoms with E-state index in [4.69, 9.17) is 23.2 Å². The summed E-state index contributed by atoms with van der Waals surface area (Å²) < 4.78 is 28.9. The number of aromatic nitrogens is 2. The molecule has 0 saturated carbocycles. The predicted octanol–water partition coefficient (Wildman–Crippen LogP) is 3.98. The first-order valence-corrected chi connectivity index (χ1v) is 9.69. The Labute approximate surface area is 153 Å². The molecule has 5 nitrogen and oxygen atoms in total. The van der Waals surface area contributed by atoms with Crippen LogP contribution in [0.4, 0.5) is 0 Å². The van der Waals surface area contributed by atoms with E-state index in [0.29, 0.717) is 0 Å². The summed E-state index contributed by atoms with van der Waals surface area (Å²) in [6, 6.07) is 4.65. The highest BCUT2D eigenvalue weighted by molar-refractivity contribution is 7.89. The highest BCUT2D eigenvalue weighted by Crippen LogP contribution is 2.32. The molecule has 0 fully saturated rings. The normalized spacial score (nSPS) is 12.4. The Hall–Kier alpha value is -1.08. The molecule has 0 atom stereocenters. The van der Waals surface area contributed by atoms with Crippen LogP contribution in [-0.4, -0.2) is 29.6 Å². The highest BCUT2D eigenvalue weighted by Gasteiger charge is 2.28. The van der Waals surface area contributed by atoms with Gasteiger partial charge in [-0.15, -0.1) is 0 Å². The van der Waals surface area contributed by atoms with E-state index in [2.05, 4.69) is 18.9 Å². The number of hydrogen-bond donors (Lipinski definition) is 0. The molecular weight excluding hydrogens is 369 g/mol. The van der Waals surface area contributed by atoms with Crippen LogP contribution in [0, 0.1) is 6.92 Å². The lowest BCUT2D eigenvalue weighted by molar-refractivity contribution is 0.463. The lowest BCUT2D eigenvalue weighted by Gasteiger charge is -2.20. The molecule has 1 heterocycles. The number of halogens is 2. The van der Waals surface area contributed by atoms with Gasteiger partial charge < -0.3 is 0 Å². The van der Waals surface area contributed by atoms with Gasteiger partial charge in [0.25, 0.3) is 0 Å². The molecular formula is C16H21Cl2N3O2S. The molecule has 132 valence electrons. The Morgan fingerprint density at radius 1 is 1.25 bits per heavy atom. The summed E-state index contributed by atoms with van der Waals surface area (Å²) in [4.78, 5) is -0.0662. The fourth-order valence-corrected chi connectivity index (χ4v) is 5.05. The van der Waals surface area contributed by atoms with Gasteiger partial charge >= 0.3 is 0 Å². The number of benzene rings is 1. The third-order valence-corrected chi connectivity index (χ3v) is 6.67. The molecule has 0 saturated heterocycles. The first-order valence-electron chi connectivity index (χ1n) is 7.50. The molecule has 2 rings (SSSR count). The van der Waals surface area contributed by atoms with Crippen molar-refractivity contribution in [3.8, 4) is 0 Å². The number of aryl methyl sites for hydroxylation is 2. The molecule has 0 spiro atoms. The van der Waals surface area contributed by atoms with Gasteiger partial charge in [-0.1, -0.05) is 43.1 Å². The number of sulfonamides is 1. The minimum absolute atomic E-state index is 0.0662. The van der Waals surface area contributed by atoms with Crippen LogP contribution in [0.1, 0.15) is 36.7 Å². The standard InChI is InChI=1S/C16H21Cl2N3O2S/c1-10(2)15-12(11(3)19-21(15)5)9-20(4)24(22,23)16-13(17)7-6-8-14(16)18/h6-8,10H,9H2,1-5H3. The summed E-state index contributed by atoms with van der Waals surface area (Å²) in [6.07, 6.45) is 0. The van der Waals surface area contributed by atoms with Crippen LogP contribution in [0.3, 0.4) is 0 Å². The first-order chi connectivity index (χ1) is 11.1. The van der Waals surface area contributed by atoms with Crippen molar-refractivity contribution in [1.82, 2.24) is 14.1 Å². The van der Waals surface area contributed by atoms with Crippen molar-refractivity contribution in [2.45, 2.75) is 38.1 Å². The average Bonchev–Trinajstić information content (AvgIpc) is 2.72. The molecule has 0 bridgehead atoms. The second-order valence-corrected chi connectivity index (χ2v) is 8.84. The van der Waals surface area contributed by atoms with E-state index in [-0.39, 0.29) is 27.4 Å². The smallest absolute Gasteiger partial charge is 0.246 e.